The summed E-state index contributed by atoms with van der Waals surface area (Å²) in [6, 6.07) is 9.30. The van der Waals surface area contributed by atoms with Gasteiger partial charge in [0.2, 0.25) is 0 Å². The number of hydrogen-bond acceptors (Lipinski definition) is 3. The van der Waals surface area contributed by atoms with Crippen LogP contribution in [0.5, 0.6) is 5.75 Å². The van der Waals surface area contributed by atoms with Crippen molar-refractivity contribution in [1.82, 2.24) is 4.90 Å². The summed E-state index contributed by atoms with van der Waals surface area (Å²) < 4.78 is 5.37. The first-order valence-electron chi connectivity index (χ1n) is 8.16. The molecular formula is C18H30N2O. The first-order valence-corrected chi connectivity index (χ1v) is 8.16. The van der Waals surface area contributed by atoms with Crippen LogP contribution in [0.3, 0.4) is 0 Å². The average Bonchev–Trinajstić information content (AvgIpc) is 2.47. The van der Waals surface area contributed by atoms with E-state index < -0.39 is 0 Å². The van der Waals surface area contributed by atoms with Gasteiger partial charge in [0.05, 0.1) is 7.11 Å². The van der Waals surface area contributed by atoms with Crippen molar-refractivity contribution in [3.8, 4) is 5.75 Å². The summed E-state index contributed by atoms with van der Waals surface area (Å²) in [5, 5.41) is 0. The van der Waals surface area contributed by atoms with Crippen LogP contribution in [0.25, 0.3) is 0 Å². The predicted octanol–water partition coefficient (Wildman–Crippen LogP) is 3.59. The summed E-state index contributed by atoms with van der Waals surface area (Å²) in [4.78, 5) is 2.50. The molecule has 2 rings (SSSR count). The highest BCUT2D eigenvalue weighted by molar-refractivity contribution is 5.31. The predicted molar refractivity (Wildman–Crippen MR) is 88.6 cm³/mol. The van der Waals surface area contributed by atoms with Gasteiger partial charge in [-0.1, -0.05) is 31.9 Å². The van der Waals surface area contributed by atoms with Crippen molar-refractivity contribution in [3.05, 3.63) is 29.8 Å². The highest BCUT2D eigenvalue weighted by Crippen LogP contribution is 2.34. The van der Waals surface area contributed by atoms with E-state index in [1.54, 1.807) is 7.11 Å². The Morgan fingerprint density at radius 2 is 2.00 bits per heavy atom. The summed E-state index contributed by atoms with van der Waals surface area (Å²) in [5.41, 5.74) is 7.59. The van der Waals surface area contributed by atoms with Crippen LogP contribution in [0, 0.1) is 5.92 Å². The lowest BCUT2D eigenvalue weighted by Gasteiger charge is -2.42. The second-order valence-electron chi connectivity index (χ2n) is 6.58. The summed E-state index contributed by atoms with van der Waals surface area (Å²) in [5.74, 6) is 1.65. The van der Waals surface area contributed by atoms with Crippen LogP contribution >= 0.6 is 0 Å². The van der Waals surface area contributed by atoms with E-state index in [2.05, 4.69) is 44.0 Å². The molecule has 21 heavy (non-hydrogen) atoms. The number of ether oxygens (including phenoxy) is 1. The molecule has 4 unspecified atom stereocenters. The van der Waals surface area contributed by atoms with Crippen molar-refractivity contribution in [3.63, 3.8) is 0 Å². The molecule has 0 amide bonds. The van der Waals surface area contributed by atoms with Gasteiger partial charge in [0.1, 0.15) is 5.75 Å². The summed E-state index contributed by atoms with van der Waals surface area (Å²) >= 11 is 0. The number of rotatable bonds is 5. The third-order valence-corrected chi connectivity index (χ3v) is 4.96. The van der Waals surface area contributed by atoms with Gasteiger partial charge in [0.15, 0.2) is 0 Å². The topological polar surface area (TPSA) is 38.5 Å². The molecular weight excluding hydrogens is 260 g/mol. The summed E-state index contributed by atoms with van der Waals surface area (Å²) in [6.07, 6.45) is 5.32. The molecule has 1 aromatic carbocycles. The number of nitrogens with zero attached hydrogens (tertiary/aromatic N) is 1. The van der Waals surface area contributed by atoms with Crippen molar-refractivity contribution in [2.75, 3.05) is 14.2 Å². The minimum Gasteiger partial charge on any atom is -0.497 e. The zero-order valence-electron chi connectivity index (χ0n) is 13.9. The maximum Gasteiger partial charge on any atom is 0.119 e. The van der Waals surface area contributed by atoms with Crippen LogP contribution in [-0.4, -0.2) is 31.1 Å². The zero-order valence-corrected chi connectivity index (χ0v) is 13.9. The molecule has 0 aromatic heterocycles. The Hall–Kier alpha value is -1.06. The molecule has 1 aliphatic carbocycles. The van der Waals surface area contributed by atoms with Crippen molar-refractivity contribution >= 4 is 0 Å². The Kier molecular flexibility index (Phi) is 5.65. The first-order chi connectivity index (χ1) is 10.0. The molecule has 4 atom stereocenters. The quantitative estimate of drug-likeness (QED) is 0.900. The lowest BCUT2D eigenvalue weighted by molar-refractivity contribution is 0.0858. The van der Waals surface area contributed by atoms with Gasteiger partial charge in [-0.3, -0.25) is 4.90 Å². The van der Waals surface area contributed by atoms with E-state index in [1.807, 2.05) is 6.07 Å². The molecule has 3 heteroatoms. The van der Waals surface area contributed by atoms with Gasteiger partial charge in [-0.25, -0.2) is 0 Å². The molecule has 2 N–H and O–H groups in total. The smallest absolute Gasteiger partial charge is 0.119 e. The summed E-state index contributed by atoms with van der Waals surface area (Å²) in [6.45, 7) is 4.48. The van der Waals surface area contributed by atoms with Gasteiger partial charge in [-0.15, -0.1) is 0 Å². The highest BCUT2D eigenvalue weighted by Gasteiger charge is 2.31. The van der Waals surface area contributed by atoms with E-state index in [4.69, 9.17) is 10.5 Å². The number of methoxy groups -OCH3 is 1. The molecule has 0 bridgehead atoms. The van der Waals surface area contributed by atoms with E-state index in [9.17, 15) is 0 Å². The molecule has 0 heterocycles. The molecule has 1 fully saturated rings. The highest BCUT2D eigenvalue weighted by atomic mass is 16.5. The third-order valence-electron chi connectivity index (χ3n) is 4.96. The van der Waals surface area contributed by atoms with Crippen LogP contribution in [0.2, 0.25) is 0 Å². The van der Waals surface area contributed by atoms with Crippen molar-refractivity contribution < 1.29 is 4.74 Å². The first kappa shape index (κ1) is 16.3. The van der Waals surface area contributed by atoms with E-state index in [0.717, 1.165) is 11.7 Å². The van der Waals surface area contributed by atoms with Gasteiger partial charge in [-0.2, -0.15) is 0 Å². The van der Waals surface area contributed by atoms with E-state index in [-0.39, 0.29) is 12.1 Å². The molecule has 0 radical (unpaired) electrons. The van der Waals surface area contributed by atoms with Crippen molar-refractivity contribution in [2.45, 2.75) is 57.7 Å². The van der Waals surface area contributed by atoms with Crippen LogP contribution < -0.4 is 10.5 Å². The number of hydrogen-bond donors (Lipinski definition) is 1. The molecule has 0 aliphatic heterocycles. The minimum atomic E-state index is 0.0937. The number of benzene rings is 1. The number of likely N-dealkylation sites (N-methyl/N-ethyl adjacent to an activating group) is 1. The molecule has 0 saturated heterocycles. The normalized spacial score (nSPS) is 25.6. The van der Waals surface area contributed by atoms with Crippen molar-refractivity contribution in [1.29, 1.82) is 0 Å². The Balaban J connectivity index is 2.24. The molecule has 118 valence electrons. The zero-order chi connectivity index (χ0) is 15.4. The average molecular weight is 290 g/mol. The SMILES string of the molecule is COc1cccc(C(C(C)N)N(C)C2CCCCC2C)c1. The molecule has 1 saturated carbocycles. The molecule has 0 spiro atoms. The van der Waals surface area contributed by atoms with Crippen LogP contribution in [-0.2, 0) is 0 Å². The van der Waals surface area contributed by atoms with Gasteiger partial charge >= 0.3 is 0 Å². The Morgan fingerprint density at radius 1 is 1.29 bits per heavy atom. The summed E-state index contributed by atoms with van der Waals surface area (Å²) in [7, 11) is 3.95. The van der Waals surface area contributed by atoms with Crippen LogP contribution in [0.4, 0.5) is 0 Å². The van der Waals surface area contributed by atoms with E-state index in [0.29, 0.717) is 6.04 Å². The van der Waals surface area contributed by atoms with Gasteiger partial charge < -0.3 is 10.5 Å². The largest absolute Gasteiger partial charge is 0.497 e. The van der Waals surface area contributed by atoms with E-state index >= 15 is 0 Å². The molecule has 1 aliphatic rings. The van der Waals surface area contributed by atoms with E-state index in [1.165, 1.54) is 31.2 Å². The Labute approximate surface area is 129 Å². The number of nitrogens with two attached hydrogens (primary N) is 1. The van der Waals surface area contributed by atoms with Crippen LogP contribution in [0.1, 0.15) is 51.1 Å². The standard InChI is InChI=1S/C18H30N2O/c1-13-8-5-6-11-17(13)20(3)18(14(2)19)15-9-7-10-16(12-15)21-4/h7,9-10,12-14,17-18H,5-6,8,11,19H2,1-4H3. The Bertz CT molecular complexity index is 447. The fourth-order valence-electron chi connectivity index (χ4n) is 3.84. The van der Waals surface area contributed by atoms with Gasteiger partial charge in [0.25, 0.3) is 0 Å². The lowest BCUT2D eigenvalue weighted by Crippen LogP contribution is -2.46. The molecule has 3 nitrogen and oxygen atoms in total. The Morgan fingerprint density at radius 3 is 2.62 bits per heavy atom. The lowest BCUT2D eigenvalue weighted by atomic mass is 9.83. The van der Waals surface area contributed by atoms with Gasteiger partial charge in [0, 0.05) is 18.1 Å². The maximum absolute atomic E-state index is 6.33. The van der Waals surface area contributed by atoms with Crippen molar-refractivity contribution in [2.24, 2.45) is 11.7 Å². The third kappa shape index (κ3) is 3.78. The fourth-order valence-corrected chi connectivity index (χ4v) is 3.84. The van der Waals surface area contributed by atoms with Crippen LogP contribution in [0.15, 0.2) is 24.3 Å². The molecule has 1 aromatic rings. The monoisotopic (exact) mass is 290 g/mol. The minimum absolute atomic E-state index is 0.0937. The second-order valence-corrected chi connectivity index (χ2v) is 6.58. The maximum atomic E-state index is 6.33. The second kappa shape index (κ2) is 7.28. The van der Waals surface area contributed by atoms with Gasteiger partial charge in [-0.05, 0) is 50.4 Å². The fraction of sp³-hybridized carbons (Fsp3) is 0.667.